The summed E-state index contributed by atoms with van der Waals surface area (Å²) in [4.78, 5) is 9.16. The third-order valence-electron chi connectivity index (χ3n) is 8.94. The van der Waals surface area contributed by atoms with Crippen LogP contribution in [0.3, 0.4) is 0 Å². The van der Waals surface area contributed by atoms with Crippen LogP contribution in [0, 0.1) is 12.1 Å². The summed E-state index contributed by atoms with van der Waals surface area (Å²) in [6.45, 7) is 10.8. The van der Waals surface area contributed by atoms with Gasteiger partial charge in [-0.15, -0.1) is 59.7 Å². The van der Waals surface area contributed by atoms with Crippen molar-refractivity contribution in [2.75, 3.05) is 0 Å². The van der Waals surface area contributed by atoms with Gasteiger partial charge >= 0.3 is 0 Å². The Bertz CT molecular complexity index is 2430. The first-order chi connectivity index (χ1) is 24.5. The van der Waals surface area contributed by atoms with Crippen molar-refractivity contribution in [1.82, 2.24) is 9.97 Å². The number of benzene rings is 5. The van der Waals surface area contributed by atoms with Crippen molar-refractivity contribution >= 4 is 44.8 Å². The van der Waals surface area contributed by atoms with Crippen LogP contribution in [-0.4, -0.2) is 18.0 Å². The summed E-state index contributed by atoms with van der Waals surface area (Å²) >= 11 is 1.79. The Morgan fingerprint density at radius 1 is 0.647 bits per heavy atom. The van der Waals surface area contributed by atoms with Gasteiger partial charge in [0.1, 0.15) is 0 Å². The average Bonchev–Trinajstić information content (AvgIpc) is 3.54. The minimum atomic E-state index is -1.23. The van der Waals surface area contributed by atoms with Crippen molar-refractivity contribution in [3.05, 3.63) is 164 Å². The zero-order valence-corrected chi connectivity index (χ0v) is 33.7. The van der Waals surface area contributed by atoms with Gasteiger partial charge in [-0.2, -0.15) is 11.3 Å². The first kappa shape index (κ1) is 34.9. The third kappa shape index (κ3) is 8.19. The van der Waals surface area contributed by atoms with Crippen LogP contribution in [0.25, 0.3) is 64.9 Å². The molecule has 8 rings (SSSR count). The normalized spacial score (nSPS) is 11.7. The van der Waals surface area contributed by atoms with Crippen LogP contribution in [0.1, 0.15) is 26.7 Å². The summed E-state index contributed by atoms with van der Waals surface area (Å²) in [5, 5.41) is 3.87. The minimum Gasteiger partial charge on any atom is -0.305 e. The second-order valence-corrected chi connectivity index (χ2v) is 19.9. The van der Waals surface area contributed by atoms with E-state index < -0.39 is 14.0 Å². The van der Waals surface area contributed by atoms with Crippen LogP contribution >= 0.6 is 11.3 Å². The second kappa shape index (κ2) is 15.8. The number of rotatable bonds is 6. The van der Waals surface area contributed by atoms with Gasteiger partial charge in [0.25, 0.3) is 0 Å². The topological polar surface area (TPSA) is 25.8 Å². The van der Waals surface area contributed by atoms with Crippen molar-refractivity contribution in [1.29, 1.82) is 0 Å². The molecule has 3 heterocycles. The number of hydrogen-bond donors (Lipinski definition) is 0. The summed E-state index contributed by atoms with van der Waals surface area (Å²) in [5.41, 5.74) is 9.76. The van der Waals surface area contributed by atoms with Crippen LogP contribution in [0.5, 0.6) is 0 Å². The molecule has 3 aromatic heterocycles. The van der Waals surface area contributed by atoms with Gasteiger partial charge in [-0.3, -0.25) is 0 Å². The molecule has 5 heteroatoms. The fraction of sp³-hybridized carbons (Fsp3) is 0.130. The van der Waals surface area contributed by atoms with Crippen molar-refractivity contribution in [2.45, 2.75) is 39.4 Å². The molecule has 0 saturated carbocycles. The summed E-state index contributed by atoms with van der Waals surface area (Å²) in [6.07, 6.45) is 3.82. The third-order valence-corrected chi connectivity index (χ3v) is 12.2. The Hall–Kier alpha value is -4.51. The molecule has 0 amide bonds. The molecule has 5 aromatic carbocycles. The Balaban J connectivity index is 0.000000230. The number of aromatic nitrogens is 2. The summed E-state index contributed by atoms with van der Waals surface area (Å²) in [7, 11) is -1.23. The van der Waals surface area contributed by atoms with Crippen molar-refractivity contribution < 1.29 is 21.5 Å². The predicted octanol–water partition coefficient (Wildman–Crippen LogP) is 12.5. The van der Waals surface area contributed by atoms with Gasteiger partial charge in [-0.1, -0.05) is 123 Å². The van der Waals surface area contributed by atoms with E-state index in [9.17, 15) is 0 Å². The van der Waals surface area contributed by atoms with E-state index in [1.807, 2.05) is 68.6 Å². The van der Waals surface area contributed by atoms with E-state index in [-0.39, 0.29) is 20.1 Å². The molecule has 0 unspecified atom stereocenters. The number of hydrogen-bond acceptors (Lipinski definition) is 3. The smallest absolute Gasteiger partial charge is 0.0795 e. The number of nitrogens with zero attached hydrogens (tertiary/aromatic N) is 2. The Labute approximate surface area is 322 Å². The molecule has 0 aliphatic carbocycles. The van der Waals surface area contributed by atoms with E-state index in [2.05, 4.69) is 127 Å². The van der Waals surface area contributed by atoms with Gasteiger partial charge in [0.05, 0.1) is 8.07 Å². The van der Waals surface area contributed by atoms with E-state index in [0.717, 1.165) is 28.1 Å². The summed E-state index contributed by atoms with van der Waals surface area (Å²) in [5.74, 6) is -0.672. The van der Waals surface area contributed by atoms with Gasteiger partial charge in [0.2, 0.25) is 0 Å². The van der Waals surface area contributed by atoms with E-state index in [1.165, 1.54) is 47.6 Å². The van der Waals surface area contributed by atoms with E-state index in [0.29, 0.717) is 0 Å². The molecular formula is C46H40IrN2SSi-2. The predicted molar refractivity (Wildman–Crippen MR) is 218 cm³/mol. The molecule has 255 valence electrons. The van der Waals surface area contributed by atoms with Crippen molar-refractivity contribution in [3.8, 4) is 44.8 Å². The molecule has 0 aliphatic rings. The first-order valence-electron chi connectivity index (χ1n) is 17.5. The standard InChI is InChI=1S/C32H24NS.C14H16NSi.Ir/c1-21(2)23-16-17-33-30(19-23)29-13-7-12-28-27-15-14-26(20-31(27)34-32(28)29)25-11-6-10-24(18-25)22-8-4-3-5-9-22;1-16(2,3)13-9-10-14(15-11-13)12-7-5-4-6-8-12;/h3-12,14-21H,1-2H3;4-7,9-11H,1-3H3;/q2*-1;/i21D;;. The van der Waals surface area contributed by atoms with Gasteiger partial charge in [0, 0.05) is 38.6 Å². The molecule has 0 bridgehead atoms. The van der Waals surface area contributed by atoms with Crippen LogP contribution in [-0.2, 0) is 20.1 Å². The number of thiophene rings is 1. The van der Waals surface area contributed by atoms with Crippen LogP contribution in [0.4, 0.5) is 0 Å². The zero-order chi connectivity index (χ0) is 35.6. The van der Waals surface area contributed by atoms with Crippen LogP contribution < -0.4 is 5.19 Å². The molecule has 0 atom stereocenters. The Kier molecular flexibility index (Phi) is 10.8. The monoisotopic (exact) mass is 874 g/mol. The van der Waals surface area contributed by atoms with Crippen LogP contribution in [0.15, 0.2) is 146 Å². The minimum absolute atomic E-state index is 0. The average molecular weight is 874 g/mol. The summed E-state index contributed by atoms with van der Waals surface area (Å²) < 4.78 is 10.9. The first-order valence-corrected chi connectivity index (χ1v) is 21.3. The number of pyridine rings is 2. The second-order valence-electron chi connectivity index (χ2n) is 13.7. The largest absolute Gasteiger partial charge is 0.305 e. The molecule has 2 nitrogen and oxygen atoms in total. The molecule has 51 heavy (non-hydrogen) atoms. The van der Waals surface area contributed by atoms with E-state index in [4.69, 9.17) is 1.37 Å². The van der Waals surface area contributed by atoms with Gasteiger partial charge < -0.3 is 9.97 Å². The molecular weight excluding hydrogens is 833 g/mol. The maximum atomic E-state index is 8.42. The molecule has 0 spiro atoms. The fourth-order valence-corrected chi connectivity index (χ4v) is 8.33. The SMILES string of the molecule is C[Si](C)(C)c1ccc(-c2[c-]cccc2)nc1.[2H]C(C)(C)c1ccnc(-c2[c-]ccc3c2sc2cc(-c4cccc(-c5ccccc5)c4)ccc23)c1.[Ir]. The molecule has 1 radical (unpaired) electrons. The molecule has 0 N–H and O–H groups in total. The van der Waals surface area contributed by atoms with Crippen LogP contribution in [0.2, 0.25) is 19.6 Å². The van der Waals surface area contributed by atoms with Gasteiger partial charge in [0.15, 0.2) is 0 Å². The van der Waals surface area contributed by atoms with E-state index in [1.54, 1.807) is 17.5 Å². The molecule has 0 saturated heterocycles. The quantitative estimate of drug-likeness (QED) is 0.123. The molecule has 0 fully saturated rings. The molecule has 0 aliphatic heterocycles. The van der Waals surface area contributed by atoms with Gasteiger partial charge in [-0.05, 0) is 73.0 Å². The van der Waals surface area contributed by atoms with Crippen molar-refractivity contribution in [3.63, 3.8) is 0 Å². The Morgan fingerprint density at radius 3 is 2.10 bits per heavy atom. The molecule has 8 aromatic rings. The Morgan fingerprint density at radius 2 is 1.39 bits per heavy atom. The summed E-state index contributed by atoms with van der Waals surface area (Å²) in [6, 6.07) is 53.0. The zero-order valence-electron chi connectivity index (χ0n) is 30.5. The van der Waals surface area contributed by atoms with Gasteiger partial charge in [-0.25, -0.2) is 0 Å². The fourth-order valence-electron chi connectivity index (χ4n) is 6.05. The van der Waals surface area contributed by atoms with Crippen molar-refractivity contribution in [2.24, 2.45) is 0 Å². The number of fused-ring (bicyclic) bond motifs is 3. The maximum Gasteiger partial charge on any atom is 0.0795 e. The van der Waals surface area contributed by atoms with E-state index >= 15 is 0 Å². The maximum absolute atomic E-state index is 8.42.